The van der Waals surface area contributed by atoms with Crippen LogP contribution in [0.25, 0.3) is 0 Å². The smallest absolute Gasteiger partial charge is 0.434 e. The second-order valence-corrected chi connectivity index (χ2v) is 7.49. The summed E-state index contributed by atoms with van der Waals surface area (Å²) in [6, 6.07) is 21.0. The van der Waals surface area contributed by atoms with Crippen LogP contribution < -0.4 is 9.47 Å². The molecule has 3 aromatic carbocycles. The Kier molecular flexibility index (Phi) is 6.26. The molecule has 1 aliphatic rings. The van der Waals surface area contributed by atoms with E-state index in [0.29, 0.717) is 11.3 Å². The lowest BCUT2D eigenvalue weighted by Crippen LogP contribution is -2.52. The van der Waals surface area contributed by atoms with Crippen molar-refractivity contribution in [3.05, 3.63) is 95.1 Å². The van der Waals surface area contributed by atoms with Crippen LogP contribution in [0.4, 0.5) is 4.79 Å². The summed E-state index contributed by atoms with van der Waals surface area (Å²) in [6.07, 6.45) is -0.728. The molecule has 168 valence electrons. The van der Waals surface area contributed by atoms with Gasteiger partial charge in [-0.25, -0.2) is 19.6 Å². The number of hydrogen-bond donors (Lipinski definition) is 1. The van der Waals surface area contributed by atoms with Gasteiger partial charge in [0, 0.05) is 5.56 Å². The average molecular weight is 446 g/mol. The lowest BCUT2D eigenvalue weighted by molar-refractivity contribution is -0.147. The van der Waals surface area contributed by atoms with Crippen LogP contribution in [0.3, 0.4) is 0 Å². The molecular formula is C25H22N2O6. The minimum Gasteiger partial charge on any atom is -0.497 e. The van der Waals surface area contributed by atoms with Gasteiger partial charge in [0.05, 0.1) is 26.6 Å². The number of carboxylic acids is 1. The highest BCUT2D eigenvalue weighted by Crippen LogP contribution is 2.31. The summed E-state index contributed by atoms with van der Waals surface area (Å²) in [6.45, 7) is 0.130. The zero-order valence-corrected chi connectivity index (χ0v) is 17.9. The molecule has 0 fully saturated rings. The molecule has 0 aromatic heterocycles. The maximum absolute atomic E-state index is 13.3. The number of fused-ring (bicyclic) bond motifs is 1. The summed E-state index contributed by atoms with van der Waals surface area (Å²) in [7, 11) is 1.57. The lowest BCUT2D eigenvalue weighted by atomic mass is 10.1. The highest BCUT2D eigenvalue weighted by atomic mass is 16.6. The molecule has 0 saturated heterocycles. The normalized spacial score (nSPS) is 12.5. The van der Waals surface area contributed by atoms with E-state index >= 15 is 0 Å². The maximum Gasteiger partial charge on any atom is 0.434 e. The van der Waals surface area contributed by atoms with E-state index < -0.39 is 12.1 Å². The first-order valence-corrected chi connectivity index (χ1v) is 10.3. The number of amides is 2. The van der Waals surface area contributed by atoms with Crippen LogP contribution in [0.1, 0.15) is 27.0 Å². The van der Waals surface area contributed by atoms with Gasteiger partial charge in [-0.05, 0) is 29.3 Å². The molecule has 3 aromatic rings. The summed E-state index contributed by atoms with van der Waals surface area (Å²) >= 11 is 0. The molecule has 0 unspecified atom stereocenters. The van der Waals surface area contributed by atoms with Crippen molar-refractivity contribution in [3.63, 3.8) is 0 Å². The van der Waals surface area contributed by atoms with E-state index in [1.165, 1.54) is 16.1 Å². The molecule has 0 radical (unpaired) electrons. The zero-order valence-electron chi connectivity index (χ0n) is 17.9. The number of methoxy groups -OCH3 is 1. The molecule has 1 N–H and O–H groups in total. The number of para-hydroxylation sites is 1. The second kappa shape index (κ2) is 9.44. The molecule has 0 spiro atoms. The van der Waals surface area contributed by atoms with E-state index in [0.717, 1.165) is 11.1 Å². The molecule has 8 nitrogen and oxygen atoms in total. The Morgan fingerprint density at radius 2 is 1.73 bits per heavy atom. The third-order valence-corrected chi connectivity index (χ3v) is 5.32. The molecule has 2 amide bonds. The Bertz CT molecular complexity index is 1180. The minimum absolute atomic E-state index is 0.00570. The Hall–Kier alpha value is -4.33. The van der Waals surface area contributed by atoms with E-state index in [2.05, 4.69) is 0 Å². The largest absolute Gasteiger partial charge is 0.497 e. The van der Waals surface area contributed by atoms with Crippen LogP contribution in [0.5, 0.6) is 11.5 Å². The maximum atomic E-state index is 13.3. The van der Waals surface area contributed by atoms with E-state index in [-0.39, 0.29) is 36.7 Å². The number of hydrazine groups is 1. The van der Waals surface area contributed by atoms with Crippen molar-refractivity contribution in [2.75, 3.05) is 7.11 Å². The standard InChI is InChI=1S/C25H22N2O6/c1-32-20-12-10-18(11-13-20)15-26(22(28)14-17-6-3-2-4-7-17)27-16-19-8-5-9-21(24(29)30)23(19)33-25(27)31/h2-13H,14-16H2,1H3,(H,29,30). The topological polar surface area (TPSA) is 96.4 Å². The molecule has 0 bridgehead atoms. The molecule has 1 heterocycles. The van der Waals surface area contributed by atoms with Gasteiger partial charge in [-0.2, -0.15) is 0 Å². The number of hydrogen-bond acceptors (Lipinski definition) is 5. The molecule has 8 heteroatoms. The zero-order chi connectivity index (χ0) is 23.4. The van der Waals surface area contributed by atoms with Gasteiger partial charge in [0.2, 0.25) is 5.91 Å². The first-order chi connectivity index (χ1) is 16.0. The number of carboxylic acid groups (broad SMARTS) is 1. The van der Waals surface area contributed by atoms with Crippen molar-refractivity contribution in [1.82, 2.24) is 10.0 Å². The fourth-order valence-corrected chi connectivity index (χ4v) is 3.62. The lowest BCUT2D eigenvalue weighted by Gasteiger charge is -2.37. The van der Waals surface area contributed by atoms with Gasteiger partial charge in [0.15, 0.2) is 5.75 Å². The molecule has 0 atom stereocenters. The van der Waals surface area contributed by atoms with Gasteiger partial charge in [-0.1, -0.05) is 54.6 Å². The van der Waals surface area contributed by atoms with Crippen molar-refractivity contribution in [1.29, 1.82) is 0 Å². The number of ether oxygens (including phenoxy) is 2. The quantitative estimate of drug-likeness (QED) is 0.592. The fourth-order valence-electron chi connectivity index (χ4n) is 3.62. The molecule has 0 saturated carbocycles. The van der Waals surface area contributed by atoms with E-state index in [9.17, 15) is 19.5 Å². The van der Waals surface area contributed by atoms with Gasteiger partial charge in [0.1, 0.15) is 11.3 Å². The number of carbonyl (C=O) groups excluding carboxylic acids is 2. The van der Waals surface area contributed by atoms with Gasteiger partial charge < -0.3 is 14.6 Å². The summed E-state index contributed by atoms with van der Waals surface area (Å²) < 4.78 is 10.6. The van der Waals surface area contributed by atoms with Crippen LogP contribution in [0.2, 0.25) is 0 Å². The first-order valence-electron chi connectivity index (χ1n) is 10.3. The van der Waals surface area contributed by atoms with E-state index in [1.807, 2.05) is 42.5 Å². The third-order valence-electron chi connectivity index (χ3n) is 5.32. The highest BCUT2D eigenvalue weighted by molar-refractivity contribution is 5.93. The van der Waals surface area contributed by atoms with Crippen LogP contribution in [-0.4, -0.2) is 40.2 Å². The van der Waals surface area contributed by atoms with Gasteiger partial charge in [-0.3, -0.25) is 4.79 Å². The molecule has 33 heavy (non-hydrogen) atoms. The van der Waals surface area contributed by atoms with E-state index in [4.69, 9.17) is 9.47 Å². The summed E-state index contributed by atoms with van der Waals surface area (Å²) in [5.74, 6) is -0.810. The monoisotopic (exact) mass is 446 g/mol. The Labute approximate surface area is 190 Å². The van der Waals surface area contributed by atoms with Crippen LogP contribution >= 0.6 is 0 Å². The molecule has 0 aliphatic carbocycles. The van der Waals surface area contributed by atoms with Crippen molar-refractivity contribution in [2.45, 2.75) is 19.5 Å². The summed E-state index contributed by atoms with van der Waals surface area (Å²) in [4.78, 5) is 37.8. The first kappa shape index (κ1) is 21.9. The predicted molar refractivity (Wildman–Crippen MR) is 119 cm³/mol. The molecule has 4 rings (SSSR count). The second-order valence-electron chi connectivity index (χ2n) is 7.49. The van der Waals surface area contributed by atoms with Crippen LogP contribution in [-0.2, 0) is 24.3 Å². The fraction of sp³-hybridized carbons (Fsp3) is 0.160. The van der Waals surface area contributed by atoms with Crippen molar-refractivity contribution in [3.8, 4) is 11.5 Å². The van der Waals surface area contributed by atoms with Crippen molar-refractivity contribution in [2.24, 2.45) is 0 Å². The number of carbonyl (C=O) groups is 3. The minimum atomic E-state index is -1.19. The van der Waals surface area contributed by atoms with Crippen molar-refractivity contribution < 1.29 is 29.0 Å². The summed E-state index contributed by atoms with van der Waals surface area (Å²) in [5.41, 5.74) is 2.00. The average Bonchev–Trinajstić information content (AvgIpc) is 2.82. The SMILES string of the molecule is COc1ccc(CN(C(=O)Cc2ccccc2)N2Cc3cccc(C(=O)O)c3OC2=O)cc1. The predicted octanol–water partition coefficient (Wildman–Crippen LogP) is 3.89. The molecule has 1 aliphatic heterocycles. The van der Waals surface area contributed by atoms with Gasteiger partial charge in [-0.15, -0.1) is 0 Å². The Balaban J connectivity index is 1.65. The van der Waals surface area contributed by atoms with Gasteiger partial charge in [0.25, 0.3) is 0 Å². The Morgan fingerprint density at radius 3 is 2.39 bits per heavy atom. The van der Waals surface area contributed by atoms with E-state index in [1.54, 1.807) is 31.4 Å². The molecular weight excluding hydrogens is 424 g/mol. The van der Waals surface area contributed by atoms with Crippen LogP contribution in [0, 0.1) is 0 Å². The van der Waals surface area contributed by atoms with Crippen LogP contribution in [0.15, 0.2) is 72.8 Å². The number of nitrogens with zero attached hydrogens (tertiary/aromatic N) is 2. The summed E-state index contributed by atoms with van der Waals surface area (Å²) in [5, 5.41) is 12.0. The number of benzene rings is 3. The number of aromatic carboxylic acids is 1. The van der Waals surface area contributed by atoms with Crippen molar-refractivity contribution >= 4 is 18.0 Å². The highest BCUT2D eigenvalue weighted by Gasteiger charge is 2.34. The third kappa shape index (κ3) is 4.79. The Morgan fingerprint density at radius 1 is 1.00 bits per heavy atom. The van der Waals surface area contributed by atoms with Gasteiger partial charge >= 0.3 is 12.1 Å². The number of rotatable bonds is 7.